The summed E-state index contributed by atoms with van der Waals surface area (Å²) in [4.78, 5) is 11.8. The number of thiophene rings is 1. The van der Waals surface area contributed by atoms with Gasteiger partial charge >= 0.3 is 0 Å². The molecule has 0 radical (unpaired) electrons. The second kappa shape index (κ2) is 6.90. The summed E-state index contributed by atoms with van der Waals surface area (Å²) in [5.41, 5.74) is 7.36. The Morgan fingerprint density at radius 2 is 2.28 bits per heavy atom. The average molecular weight is 266 g/mol. The van der Waals surface area contributed by atoms with Crippen molar-refractivity contribution < 1.29 is 4.79 Å². The number of amides is 1. The largest absolute Gasteiger partial charge is 0.356 e. The molecular formula is C14H22N2OS. The molecule has 2 atom stereocenters. The molecule has 1 amide bonds. The van der Waals surface area contributed by atoms with Gasteiger partial charge in [-0.15, -0.1) is 0 Å². The van der Waals surface area contributed by atoms with Gasteiger partial charge in [0, 0.05) is 19.0 Å². The zero-order valence-electron chi connectivity index (χ0n) is 10.7. The van der Waals surface area contributed by atoms with Crippen molar-refractivity contribution in [1.82, 2.24) is 5.32 Å². The first-order valence-corrected chi connectivity index (χ1v) is 7.73. The molecule has 0 aromatic carbocycles. The third kappa shape index (κ3) is 4.10. The number of hydrogen-bond acceptors (Lipinski definition) is 3. The summed E-state index contributed by atoms with van der Waals surface area (Å²) < 4.78 is 0. The maximum absolute atomic E-state index is 11.8. The van der Waals surface area contributed by atoms with Crippen molar-refractivity contribution in [2.24, 2.45) is 11.7 Å². The Bertz CT molecular complexity index is 364. The Morgan fingerprint density at radius 3 is 3.00 bits per heavy atom. The van der Waals surface area contributed by atoms with Gasteiger partial charge < -0.3 is 11.1 Å². The Labute approximate surface area is 113 Å². The normalized spacial score (nSPS) is 23.8. The fourth-order valence-electron chi connectivity index (χ4n) is 2.58. The second-order valence-corrected chi connectivity index (χ2v) is 5.92. The van der Waals surface area contributed by atoms with Gasteiger partial charge in [-0.25, -0.2) is 0 Å². The van der Waals surface area contributed by atoms with Gasteiger partial charge in [0.05, 0.1) is 0 Å². The van der Waals surface area contributed by atoms with E-state index in [1.165, 1.54) is 18.4 Å². The highest BCUT2D eigenvalue weighted by Crippen LogP contribution is 2.25. The van der Waals surface area contributed by atoms with Crippen LogP contribution in [0.4, 0.5) is 0 Å². The SMILES string of the molecule is NC1CCCCC1CC(=O)NCCc1ccsc1. The van der Waals surface area contributed by atoms with E-state index < -0.39 is 0 Å². The maximum atomic E-state index is 11.8. The zero-order valence-corrected chi connectivity index (χ0v) is 11.5. The Kier molecular flexibility index (Phi) is 5.20. The third-order valence-corrected chi connectivity index (χ3v) is 4.46. The van der Waals surface area contributed by atoms with Crippen LogP contribution in [0.5, 0.6) is 0 Å². The van der Waals surface area contributed by atoms with Gasteiger partial charge in [0.1, 0.15) is 0 Å². The van der Waals surface area contributed by atoms with Crippen molar-refractivity contribution >= 4 is 17.2 Å². The van der Waals surface area contributed by atoms with Crippen LogP contribution in [0.15, 0.2) is 16.8 Å². The molecule has 1 heterocycles. The molecule has 1 aliphatic rings. The van der Waals surface area contributed by atoms with Crippen LogP contribution in [-0.2, 0) is 11.2 Å². The van der Waals surface area contributed by atoms with E-state index in [-0.39, 0.29) is 11.9 Å². The molecule has 1 fully saturated rings. The molecule has 4 heteroatoms. The van der Waals surface area contributed by atoms with Crippen LogP contribution < -0.4 is 11.1 Å². The number of carbonyl (C=O) groups is 1. The number of hydrogen-bond donors (Lipinski definition) is 2. The van der Waals surface area contributed by atoms with Crippen molar-refractivity contribution in [3.63, 3.8) is 0 Å². The lowest BCUT2D eigenvalue weighted by Gasteiger charge is -2.27. The molecule has 3 nitrogen and oxygen atoms in total. The quantitative estimate of drug-likeness (QED) is 0.859. The van der Waals surface area contributed by atoms with Gasteiger partial charge in [-0.05, 0) is 47.6 Å². The summed E-state index contributed by atoms with van der Waals surface area (Å²) in [5, 5.41) is 7.19. The molecule has 100 valence electrons. The molecule has 1 saturated carbocycles. The van der Waals surface area contributed by atoms with Crippen molar-refractivity contribution in [3.8, 4) is 0 Å². The molecule has 1 aromatic heterocycles. The molecule has 0 aliphatic heterocycles. The van der Waals surface area contributed by atoms with Crippen molar-refractivity contribution in [1.29, 1.82) is 0 Å². The van der Waals surface area contributed by atoms with E-state index in [2.05, 4.69) is 22.1 Å². The van der Waals surface area contributed by atoms with Crippen LogP contribution in [0, 0.1) is 5.92 Å². The first kappa shape index (κ1) is 13.6. The summed E-state index contributed by atoms with van der Waals surface area (Å²) in [6.07, 6.45) is 6.15. The molecule has 0 saturated heterocycles. The first-order chi connectivity index (χ1) is 8.75. The first-order valence-electron chi connectivity index (χ1n) is 6.79. The van der Waals surface area contributed by atoms with Crippen LogP contribution in [0.1, 0.15) is 37.7 Å². The predicted octanol–water partition coefficient (Wildman–Crippen LogP) is 2.31. The minimum atomic E-state index is 0.160. The smallest absolute Gasteiger partial charge is 0.220 e. The van der Waals surface area contributed by atoms with E-state index >= 15 is 0 Å². The predicted molar refractivity (Wildman–Crippen MR) is 75.6 cm³/mol. The highest BCUT2D eigenvalue weighted by Gasteiger charge is 2.23. The molecule has 2 rings (SSSR count). The maximum Gasteiger partial charge on any atom is 0.220 e. The van der Waals surface area contributed by atoms with Crippen molar-refractivity contribution in [3.05, 3.63) is 22.4 Å². The fourth-order valence-corrected chi connectivity index (χ4v) is 3.28. The number of nitrogens with one attached hydrogen (secondary N) is 1. The monoisotopic (exact) mass is 266 g/mol. The van der Waals surface area contributed by atoms with Gasteiger partial charge in [-0.3, -0.25) is 4.79 Å². The van der Waals surface area contributed by atoms with E-state index in [1.807, 2.05) is 0 Å². The lowest BCUT2D eigenvalue weighted by Crippen LogP contribution is -2.37. The highest BCUT2D eigenvalue weighted by molar-refractivity contribution is 7.07. The molecule has 0 bridgehead atoms. The van der Waals surface area contributed by atoms with E-state index in [1.54, 1.807) is 11.3 Å². The summed E-state index contributed by atoms with van der Waals surface area (Å²) in [6, 6.07) is 2.33. The van der Waals surface area contributed by atoms with E-state index in [9.17, 15) is 4.79 Å². The molecule has 3 N–H and O–H groups in total. The zero-order chi connectivity index (χ0) is 12.8. The molecule has 2 unspecified atom stereocenters. The van der Waals surface area contributed by atoms with E-state index in [0.717, 1.165) is 25.8 Å². The number of rotatable bonds is 5. The molecule has 1 aromatic rings. The molecule has 18 heavy (non-hydrogen) atoms. The van der Waals surface area contributed by atoms with Crippen LogP contribution >= 0.6 is 11.3 Å². The number of carbonyl (C=O) groups excluding carboxylic acids is 1. The minimum Gasteiger partial charge on any atom is -0.356 e. The summed E-state index contributed by atoms with van der Waals surface area (Å²) in [6.45, 7) is 0.734. The second-order valence-electron chi connectivity index (χ2n) is 5.14. The summed E-state index contributed by atoms with van der Waals surface area (Å²) in [5.74, 6) is 0.549. The molecule has 0 spiro atoms. The third-order valence-electron chi connectivity index (χ3n) is 3.73. The van der Waals surface area contributed by atoms with Gasteiger partial charge in [0.2, 0.25) is 5.91 Å². The fraction of sp³-hybridized carbons (Fsp3) is 0.643. The average Bonchev–Trinajstić information content (AvgIpc) is 2.85. The summed E-state index contributed by atoms with van der Waals surface area (Å²) in [7, 11) is 0. The Morgan fingerprint density at radius 1 is 1.44 bits per heavy atom. The highest BCUT2D eigenvalue weighted by atomic mass is 32.1. The van der Waals surface area contributed by atoms with Crippen LogP contribution in [0.3, 0.4) is 0 Å². The topological polar surface area (TPSA) is 55.1 Å². The Hall–Kier alpha value is -0.870. The van der Waals surface area contributed by atoms with Gasteiger partial charge in [0.25, 0.3) is 0 Å². The van der Waals surface area contributed by atoms with Gasteiger partial charge in [-0.2, -0.15) is 11.3 Å². The standard InChI is InChI=1S/C14H22N2OS/c15-13-4-2-1-3-12(13)9-14(17)16-7-5-11-6-8-18-10-11/h6,8,10,12-13H,1-5,7,9,15H2,(H,16,17). The summed E-state index contributed by atoms with van der Waals surface area (Å²) >= 11 is 1.70. The lowest BCUT2D eigenvalue weighted by molar-refractivity contribution is -0.122. The van der Waals surface area contributed by atoms with Gasteiger partial charge in [-0.1, -0.05) is 12.8 Å². The van der Waals surface area contributed by atoms with Gasteiger partial charge in [0.15, 0.2) is 0 Å². The van der Waals surface area contributed by atoms with Crippen LogP contribution in [0.2, 0.25) is 0 Å². The minimum absolute atomic E-state index is 0.160. The number of nitrogens with two attached hydrogens (primary N) is 1. The van der Waals surface area contributed by atoms with Crippen molar-refractivity contribution in [2.45, 2.75) is 44.6 Å². The van der Waals surface area contributed by atoms with Crippen LogP contribution in [0.25, 0.3) is 0 Å². The van der Waals surface area contributed by atoms with Crippen LogP contribution in [-0.4, -0.2) is 18.5 Å². The van der Waals surface area contributed by atoms with E-state index in [0.29, 0.717) is 12.3 Å². The lowest BCUT2D eigenvalue weighted by atomic mass is 9.83. The molecule has 1 aliphatic carbocycles. The molecular weight excluding hydrogens is 244 g/mol. The Balaban J connectivity index is 1.65. The van der Waals surface area contributed by atoms with Crippen molar-refractivity contribution in [2.75, 3.05) is 6.54 Å². The van der Waals surface area contributed by atoms with E-state index in [4.69, 9.17) is 5.73 Å².